The summed E-state index contributed by atoms with van der Waals surface area (Å²) in [6.07, 6.45) is 2.51. The lowest BCUT2D eigenvalue weighted by Gasteiger charge is -2.23. The molecule has 0 fully saturated rings. The highest BCUT2D eigenvalue weighted by molar-refractivity contribution is 5.99. The monoisotopic (exact) mass is 432 g/mol. The standard InChI is InChI=1S/C21H26F2N6O2/c1-12(2)27-16-8-19(28-17-7-13-5-6-26-29(13)11-15(17)22)24-9-14(16)20(30)25-10-18(23)21(3,4)31/h5-9,11-12,18,31H,10H2,1-4H3,(H,25,30)(H2,24,27,28). The molecule has 4 N–H and O–H groups in total. The van der Waals surface area contributed by atoms with Gasteiger partial charge < -0.3 is 21.1 Å². The molecule has 31 heavy (non-hydrogen) atoms. The number of carbonyl (C=O) groups is 1. The average molecular weight is 432 g/mol. The molecule has 0 aliphatic heterocycles. The number of nitrogens with one attached hydrogen (secondary N) is 3. The Balaban J connectivity index is 1.83. The third kappa shape index (κ3) is 5.46. The minimum absolute atomic E-state index is 0.00743. The maximum atomic E-state index is 14.4. The minimum Gasteiger partial charge on any atom is -0.387 e. The van der Waals surface area contributed by atoms with Crippen LogP contribution in [0.5, 0.6) is 0 Å². The van der Waals surface area contributed by atoms with Crippen LogP contribution in [-0.4, -0.2) is 50.0 Å². The third-order valence-corrected chi connectivity index (χ3v) is 4.55. The maximum absolute atomic E-state index is 14.4. The van der Waals surface area contributed by atoms with Crippen LogP contribution in [-0.2, 0) is 0 Å². The lowest BCUT2D eigenvalue weighted by atomic mass is 10.0. The molecule has 166 valence electrons. The number of anilines is 3. The van der Waals surface area contributed by atoms with Crippen LogP contribution >= 0.6 is 0 Å². The van der Waals surface area contributed by atoms with Crippen molar-refractivity contribution in [1.82, 2.24) is 19.9 Å². The molecule has 1 amide bonds. The molecule has 0 aromatic carbocycles. The Hall–Kier alpha value is -3.27. The summed E-state index contributed by atoms with van der Waals surface area (Å²) in [5, 5.41) is 22.2. The lowest BCUT2D eigenvalue weighted by Crippen LogP contribution is -2.42. The normalized spacial score (nSPS) is 12.8. The van der Waals surface area contributed by atoms with Gasteiger partial charge in [0.25, 0.3) is 5.91 Å². The van der Waals surface area contributed by atoms with Gasteiger partial charge in [-0.05, 0) is 39.8 Å². The first-order valence-electron chi connectivity index (χ1n) is 9.85. The van der Waals surface area contributed by atoms with Crippen molar-refractivity contribution >= 4 is 28.6 Å². The molecular weight excluding hydrogens is 406 g/mol. The molecule has 1 atom stereocenters. The van der Waals surface area contributed by atoms with E-state index >= 15 is 0 Å². The Morgan fingerprint density at radius 2 is 2.03 bits per heavy atom. The van der Waals surface area contributed by atoms with Crippen molar-refractivity contribution in [3.05, 3.63) is 48.2 Å². The molecule has 0 aliphatic rings. The number of aromatic nitrogens is 3. The second-order valence-electron chi connectivity index (χ2n) is 8.11. The van der Waals surface area contributed by atoms with Gasteiger partial charge >= 0.3 is 0 Å². The van der Waals surface area contributed by atoms with Crippen molar-refractivity contribution in [3.63, 3.8) is 0 Å². The molecule has 0 aliphatic carbocycles. The van der Waals surface area contributed by atoms with Crippen LogP contribution in [0.25, 0.3) is 5.52 Å². The van der Waals surface area contributed by atoms with Crippen LogP contribution in [0.3, 0.4) is 0 Å². The fourth-order valence-corrected chi connectivity index (χ4v) is 2.84. The molecule has 0 saturated carbocycles. The first kappa shape index (κ1) is 22.4. The van der Waals surface area contributed by atoms with E-state index in [1.54, 1.807) is 24.4 Å². The number of halogens is 2. The first-order chi connectivity index (χ1) is 14.5. The molecule has 3 rings (SSSR count). The van der Waals surface area contributed by atoms with E-state index in [2.05, 4.69) is 26.0 Å². The summed E-state index contributed by atoms with van der Waals surface area (Å²) in [5.74, 6) is -0.734. The van der Waals surface area contributed by atoms with E-state index in [0.29, 0.717) is 17.0 Å². The van der Waals surface area contributed by atoms with Crippen molar-refractivity contribution in [3.8, 4) is 0 Å². The van der Waals surface area contributed by atoms with Gasteiger partial charge in [-0.15, -0.1) is 0 Å². The quantitative estimate of drug-likeness (QED) is 0.436. The predicted octanol–water partition coefficient (Wildman–Crippen LogP) is 3.27. The molecule has 1 unspecified atom stereocenters. The summed E-state index contributed by atoms with van der Waals surface area (Å²) < 4.78 is 29.8. The Morgan fingerprint density at radius 1 is 1.29 bits per heavy atom. The second kappa shape index (κ2) is 8.84. The van der Waals surface area contributed by atoms with Crippen LogP contribution in [0, 0.1) is 5.82 Å². The molecule has 0 saturated heterocycles. The van der Waals surface area contributed by atoms with Crippen molar-refractivity contribution in [2.24, 2.45) is 0 Å². The topological polar surface area (TPSA) is 104 Å². The molecule has 0 spiro atoms. The van der Waals surface area contributed by atoms with E-state index in [1.807, 2.05) is 13.8 Å². The fourth-order valence-electron chi connectivity index (χ4n) is 2.84. The van der Waals surface area contributed by atoms with Gasteiger partial charge in [0.15, 0.2) is 5.82 Å². The number of carbonyl (C=O) groups excluding carboxylic acids is 1. The number of hydrogen-bond donors (Lipinski definition) is 4. The smallest absolute Gasteiger partial charge is 0.255 e. The second-order valence-corrected chi connectivity index (χ2v) is 8.11. The van der Waals surface area contributed by atoms with Crippen LogP contribution in [0.2, 0.25) is 0 Å². The Kier molecular flexibility index (Phi) is 6.40. The number of nitrogens with zero attached hydrogens (tertiary/aromatic N) is 3. The zero-order chi connectivity index (χ0) is 22.8. The lowest BCUT2D eigenvalue weighted by molar-refractivity contribution is -0.00177. The van der Waals surface area contributed by atoms with Gasteiger partial charge in [-0.1, -0.05) is 0 Å². The van der Waals surface area contributed by atoms with E-state index in [9.17, 15) is 18.7 Å². The molecule has 0 bridgehead atoms. The van der Waals surface area contributed by atoms with E-state index in [1.165, 1.54) is 30.8 Å². The van der Waals surface area contributed by atoms with Gasteiger partial charge in [-0.25, -0.2) is 18.3 Å². The summed E-state index contributed by atoms with van der Waals surface area (Å²) in [5.41, 5.74) is -0.00555. The van der Waals surface area contributed by atoms with E-state index in [-0.39, 0.29) is 23.8 Å². The Bertz CT molecular complexity index is 1080. The van der Waals surface area contributed by atoms with Gasteiger partial charge in [0.2, 0.25) is 0 Å². The van der Waals surface area contributed by atoms with Crippen molar-refractivity contribution in [1.29, 1.82) is 0 Å². The van der Waals surface area contributed by atoms with Crippen molar-refractivity contribution < 1.29 is 18.7 Å². The van der Waals surface area contributed by atoms with Crippen molar-refractivity contribution in [2.45, 2.75) is 45.5 Å². The Labute approximate surface area is 178 Å². The largest absolute Gasteiger partial charge is 0.387 e. The summed E-state index contributed by atoms with van der Waals surface area (Å²) in [4.78, 5) is 16.8. The van der Waals surface area contributed by atoms with Crippen LogP contribution in [0.15, 0.2) is 36.8 Å². The highest BCUT2D eigenvalue weighted by Crippen LogP contribution is 2.25. The summed E-state index contributed by atoms with van der Waals surface area (Å²) >= 11 is 0. The van der Waals surface area contributed by atoms with Gasteiger partial charge in [-0.2, -0.15) is 5.10 Å². The van der Waals surface area contributed by atoms with Crippen LogP contribution in [0.4, 0.5) is 26.0 Å². The average Bonchev–Trinajstić information content (AvgIpc) is 3.12. The van der Waals surface area contributed by atoms with Crippen LogP contribution < -0.4 is 16.0 Å². The number of hydrogen-bond acceptors (Lipinski definition) is 6. The number of fused-ring (bicyclic) bond motifs is 1. The first-order valence-corrected chi connectivity index (χ1v) is 9.85. The highest BCUT2D eigenvalue weighted by atomic mass is 19.1. The molecule has 0 radical (unpaired) electrons. The van der Waals surface area contributed by atoms with Crippen molar-refractivity contribution in [2.75, 3.05) is 17.2 Å². The minimum atomic E-state index is -1.63. The molecule has 3 aromatic rings. The number of pyridine rings is 2. The van der Waals surface area contributed by atoms with Gasteiger partial charge in [0.05, 0.1) is 40.8 Å². The van der Waals surface area contributed by atoms with E-state index in [4.69, 9.17) is 0 Å². The Morgan fingerprint density at radius 3 is 2.71 bits per heavy atom. The summed E-state index contributed by atoms with van der Waals surface area (Å²) in [6, 6.07) is 4.91. The summed E-state index contributed by atoms with van der Waals surface area (Å²) in [7, 11) is 0. The molecule has 3 heterocycles. The van der Waals surface area contributed by atoms with E-state index in [0.717, 1.165) is 0 Å². The van der Waals surface area contributed by atoms with E-state index < -0.39 is 23.5 Å². The molecule has 10 heteroatoms. The SMILES string of the molecule is CC(C)Nc1cc(Nc2cc3ccnn3cc2F)ncc1C(=O)NCC(F)C(C)(C)O. The number of alkyl halides is 1. The predicted molar refractivity (Wildman–Crippen MR) is 115 cm³/mol. The number of aliphatic hydroxyl groups is 1. The van der Waals surface area contributed by atoms with Gasteiger partial charge in [0.1, 0.15) is 12.0 Å². The molecule has 8 nitrogen and oxygen atoms in total. The third-order valence-electron chi connectivity index (χ3n) is 4.55. The molecule has 3 aromatic heterocycles. The number of amides is 1. The highest BCUT2D eigenvalue weighted by Gasteiger charge is 2.27. The van der Waals surface area contributed by atoms with Gasteiger partial charge in [-0.3, -0.25) is 4.79 Å². The zero-order valence-corrected chi connectivity index (χ0v) is 17.8. The molecular formula is C21H26F2N6O2. The number of rotatable bonds is 8. The van der Waals surface area contributed by atoms with Gasteiger partial charge in [0, 0.05) is 24.5 Å². The fraction of sp³-hybridized carbons (Fsp3) is 0.381. The zero-order valence-electron chi connectivity index (χ0n) is 17.8. The maximum Gasteiger partial charge on any atom is 0.255 e. The van der Waals surface area contributed by atoms with Crippen LogP contribution in [0.1, 0.15) is 38.1 Å². The summed E-state index contributed by atoms with van der Waals surface area (Å²) in [6.45, 7) is 6.11.